The summed E-state index contributed by atoms with van der Waals surface area (Å²) in [6.07, 6.45) is 5.83. The number of aryl methyl sites for hydroxylation is 1. The Labute approximate surface area is 216 Å². The van der Waals surface area contributed by atoms with Gasteiger partial charge in [-0.1, -0.05) is 80.9 Å². The molecule has 0 aromatic heterocycles. The second-order valence-electron chi connectivity index (χ2n) is 10.8. The van der Waals surface area contributed by atoms with Gasteiger partial charge in [-0.25, -0.2) is 9.28 Å². The smallest absolute Gasteiger partial charge is 0.314 e. The predicted octanol–water partition coefficient (Wildman–Crippen LogP) is 5.68. The van der Waals surface area contributed by atoms with E-state index in [0.29, 0.717) is 32.2 Å². The number of nitrogens with two attached hydrogens (primary N) is 1. The van der Waals surface area contributed by atoms with E-state index < -0.39 is 11.5 Å². The van der Waals surface area contributed by atoms with Gasteiger partial charge in [-0.3, -0.25) is 4.79 Å². The zero-order valence-corrected chi connectivity index (χ0v) is 22.2. The van der Waals surface area contributed by atoms with E-state index in [2.05, 4.69) is 39.0 Å². The highest BCUT2D eigenvalue weighted by Gasteiger charge is 2.53. The first-order valence-electron chi connectivity index (χ1n) is 13.5. The highest BCUT2D eigenvalue weighted by molar-refractivity contribution is 5.82. The molecule has 5 nitrogen and oxygen atoms in total. The molecule has 0 spiro atoms. The summed E-state index contributed by atoms with van der Waals surface area (Å²) in [7, 11) is 0. The number of benzene rings is 2. The van der Waals surface area contributed by atoms with Crippen LogP contribution in [0.1, 0.15) is 76.8 Å². The summed E-state index contributed by atoms with van der Waals surface area (Å²) in [6, 6.07) is 22.5. The summed E-state index contributed by atoms with van der Waals surface area (Å²) in [5, 5.41) is 10.2. The zero-order valence-electron chi connectivity index (χ0n) is 22.2. The molecule has 1 heterocycles. The SMILES string of the molecule is CC(C)[C@@](C#N)(CCCCC(=O)[N@@+]1(C(C)CCc2ccccc2)CCCC1C(N)=O)c1ccccc1. The van der Waals surface area contributed by atoms with Gasteiger partial charge in [0, 0.05) is 19.3 Å². The highest BCUT2D eigenvalue weighted by atomic mass is 16.2. The Hall–Kier alpha value is -2.97. The maximum Gasteiger partial charge on any atom is 0.314 e. The molecule has 2 aromatic carbocycles. The van der Waals surface area contributed by atoms with Gasteiger partial charge in [0.2, 0.25) is 0 Å². The van der Waals surface area contributed by atoms with Crippen molar-refractivity contribution in [1.29, 1.82) is 5.26 Å². The van der Waals surface area contributed by atoms with Crippen LogP contribution in [0, 0.1) is 17.2 Å². The summed E-state index contributed by atoms with van der Waals surface area (Å²) < 4.78 is 0.189. The minimum absolute atomic E-state index is 0.0240. The number of amides is 2. The summed E-state index contributed by atoms with van der Waals surface area (Å²) in [4.78, 5) is 26.3. The van der Waals surface area contributed by atoms with E-state index >= 15 is 0 Å². The number of quaternary nitrogens is 1. The number of likely N-dealkylation sites (tertiary alicyclic amines) is 1. The number of primary amides is 1. The Morgan fingerprint density at radius 3 is 2.28 bits per heavy atom. The van der Waals surface area contributed by atoms with Crippen LogP contribution in [0.3, 0.4) is 0 Å². The van der Waals surface area contributed by atoms with Gasteiger partial charge < -0.3 is 5.73 Å². The Morgan fingerprint density at radius 1 is 1.06 bits per heavy atom. The summed E-state index contributed by atoms with van der Waals surface area (Å²) in [6.45, 7) is 6.98. The van der Waals surface area contributed by atoms with Crippen molar-refractivity contribution in [2.45, 2.75) is 89.6 Å². The molecule has 192 valence electrons. The Balaban J connectivity index is 1.70. The number of rotatable bonds is 12. The van der Waals surface area contributed by atoms with E-state index in [9.17, 15) is 14.9 Å². The van der Waals surface area contributed by atoms with Crippen molar-refractivity contribution in [2.24, 2.45) is 11.7 Å². The Kier molecular flexibility index (Phi) is 9.45. The third-order valence-electron chi connectivity index (χ3n) is 8.52. The minimum Gasteiger partial charge on any atom is -0.364 e. The molecule has 1 saturated heterocycles. The van der Waals surface area contributed by atoms with Crippen molar-refractivity contribution >= 4 is 11.8 Å². The van der Waals surface area contributed by atoms with Crippen molar-refractivity contribution in [2.75, 3.05) is 6.54 Å². The first kappa shape index (κ1) is 27.6. The predicted molar refractivity (Wildman–Crippen MR) is 144 cm³/mol. The van der Waals surface area contributed by atoms with Crippen molar-refractivity contribution in [3.05, 3.63) is 71.8 Å². The third-order valence-corrected chi connectivity index (χ3v) is 8.52. The molecule has 0 radical (unpaired) electrons. The van der Waals surface area contributed by atoms with E-state index in [1.165, 1.54) is 5.56 Å². The largest absolute Gasteiger partial charge is 0.364 e. The van der Waals surface area contributed by atoms with Crippen LogP contribution in [0.5, 0.6) is 0 Å². The van der Waals surface area contributed by atoms with Gasteiger partial charge in [0.25, 0.3) is 5.91 Å². The van der Waals surface area contributed by atoms with Crippen LogP contribution in [-0.2, 0) is 21.4 Å². The van der Waals surface area contributed by atoms with Crippen LogP contribution in [-0.4, -0.2) is 34.9 Å². The van der Waals surface area contributed by atoms with Gasteiger partial charge >= 0.3 is 5.91 Å². The maximum atomic E-state index is 13.8. The number of hydrogen-bond acceptors (Lipinski definition) is 3. The van der Waals surface area contributed by atoms with E-state index in [4.69, 9.17) is 5.73 Å². The van der Waals surface area contributed by atoms with Crippen molar-refractivity contribution in [1.82, 2.24) is 0 Å². The standard InChI is InChI=1S/C31H41N3O2/c1-24(2)31(23-32,27-15-8-5-9-16-27)21-11-10-18-29(35)34(22-12-17-28(34)30(33)36)25(3)19-20-26-13-6-4-7-14-26/h4-9,13-16,24-25,28H,10-12,17-22H2,1-3H3,(H-,33,36)/p+1/t25?,28?,31-,34+/m0/s1. The summed E-state index contributed by atoms with van der Waals surface area (Å²) >= 11 is 0. The highest BCUT2D eigenvalue weighted by Crippen LogP contribution is 2.38. The molecule has 5 heteroatoms. The monoisotopic (exact) mass is 488 g/mol. The van der Waals surface area contributed by atoms with Gasteiger partial charge in [-0.05, 0) is 43.2 Å². The van der Waals surface area contributed by atoms with Crippen molar-refractivity contribution in [3.63, 3.8) is 0 Å². The number of nitrogens with zero attached hydrogens (tertiary/aromatic N) is 2. The van der Waals surface area contributed by atoms with E-state index in [1.54, 1.807) is 0 Å². The molecule has 2 unspecified atom stereocenters. The maximum absolute atomic E-state index is 13.8. The normalized spacial score (nSPS) is 22.0. The van der Waals surface area contributed by atoms with Crippen LogP contribution < -0.4 is 5.73 Å². The molecule has 2 aromatic rings. The average molecular weight is 489 g/mol. The molecule has 1 aliphatic rings. The second-order valence-corrected chi connectivity index (χ2v) is 10.8. The van der Waals surface area contributed by atoms with E-state index in [1.807, 2.05) is 48.5 Å². The number of hydrogen-bond donors (Lipinski definition) is 1. The minimum atomic E-state index is -0.567. The first-order chi connectivity index (χ1) is 17.3. The summed E-state index contributed by atoms with van der Waals surface area (Å²) in [5.74, 6) is -0.0710. The fourth-order valence-corrected chi connectivity index (χ4v) is 6.26. The second kappa shape index (κ2) is 12.3. The fraction of sp³-hybridized carbons (Fsp3) is 0.516. The Morgan fingerprint density at radius 2 is 1.69 bits per heavy atom. The van der Waals surface area contributed by atoms with Crippen LogP contribution in [0.15, 0.2) is 60.7 Å². The topological polar surface area (TPSA) is 83.9 Å². The number of carbonyl (C=O) groups is 2. The third kappa shape index (κ3) is 5.71. The van der Waals surface area contributed by atoms with Gasteiger partial charge in [0.15, 0.2) is 6.04 Å². The summed E-state index contributed by atoms with van der Waals surface area (Å²) in [5.41, 5.74) is 7.56. The van der Waals surface area contributed by atoms with E-state index in [0.717, 1.165) is 31.2 Å². The quantitative estimate of drug-likeness (QED) is 0.308. The van der Waals surface area contributed by atoms with Gasteiger partial charge in [-0.2, -0.15) is 5.26 Å². The Bertz CT molecular complexity index is 1050. The van der Waals surface area contributed by atoms with E-state index in [-0.39, 0.29) is 28.3 Å². The molecule has 2 amide bonds. The van der Waals surface area contributed by atoms with Crippen LogP contribution in [0.4, 0.5) is 0 Å². The fourth-order valence-electron chi connectivity index (χ4n) is 6.26. The molecule has 2 N–H and O–H groups in total. The molecule has 0 bridgehead atoms. The lowest BCUT2D eigenvalue weighted by Crippen LogP contribution is -2.64. The lowest BCUT2D eigenvalue weighted by Gasteiger charge is -2.41. The van der Waals surface area contributed by atoms with Gasteiger partial charge in [0.05, 0.1) is 30.5 Å². The molecule has 0 aliphatic carbocycles. The molecule has 36 heavy (non-hydrogen) atoms. The van der Waals surface area contributed by atoms with Crippen molar-refractivity contribution in [3.8, 4) is 6.07 Å². The molecular formula is C31H42N3O2+. The molecule has 4 atom stereocenters. The lowest BCUT2D eigenvalue weighted by molar-refractivity contribution is -0.881. The van der Waals surface area contributed by atoms with Gasteiger partial charge in [-0.15, -0.1) is 0 Å². The molecule has 0 saturated carbocycles. The molecule has 3 rings (SSSR count). The lowest BCUT2D eigenvalue weighted by atomic mass is 9.69. The van der Waals surface area contributed by atoms with Crippen LogP contribution >= 0.6 is 0 Å². The van der Waals surface area contributed by atoms with Crippen LogP contribution in [0.25, 0.3) is 0 Å². The molecule has 1 aliphatic heterocycles. The first-order valence-corrected chi connectivity index (χ1v) is 13.5. The number of nitriles is 1. The molecule has 1 fully saturated rings. The van der Waals surface area contributed by atoms with Crippen molar-refractivity contribution < 1.29 is 14.1 Å². The van der Waals surface area contributed by atoms with Gasteiger partial charge in [0.1, 0.15) is 0 Å². The zero-order chi connectivity index (χ0) is 26.2. The number of unbranched alkanes of at least 4 members (excludes halogenated alkanes) is 1. The average Bonchev–Trinajstić information content (AvgIpc) is 3.35. The molecular weight excluding hydrogens is 446 g/mol. The van der Waals surface area contributed by atoms with Crippen LogP contribution in [0.2, 0.25) is 0 Å². The number of carbonyl (C=O) groups excluding carboxylic acids is 2.